The number of amides is 2. The zero-order valence-electron chi connectivity index (χ0n) is 23.9. The molecule has 1 saturated heterocycles. The lowest BCUT2D eigenvalue weighted by Crippen LogP contribution is -2.44. The summed E-state index contributed by atoms with van der Waals surface area (Å²) in [6, 6.07) is 13.7. The van der Waals surface area contributed by atoms with Crippen LogP contribution in [0.25, 0.3) is 0 Å². The van der Waals surface area contributed by atoms with Crippen LogP contribution in [0.4, 0.5) is 0 Å². The molecule has 2 aromatic carbocycles. The van der Waals surface area contributed by atoms with Gasteiger partial charge in [0.15, 0.2) is 0 Å². The second-order valence-electron chi connectivity index (χ2n) is 11.1. The van der Waals surface area contributed by atoms with Gasteiger partial charge in [0.25, 0.3) is 5.91 Å². The Morgan fingerprint density at radius 3 is 2.29 bits per heavy atom. The van der Waals surface area contributed by atoms with E-state index in [1.165, 1.54) is 0 Å². The molecule has 3 rings (SSSR count). The average Bonchev–Trinajstić information content (AvgIpc) is 3.36. The Morgan fingerprint density at radius 2 is 1.66 bits per heavy atom. The summed E-state index contributed by atoms with van der Waals surface area (Å²) in [5, 5.41) is 9.75. The van der Waals surface area contributed by atoms with Crippen LogP contribution in [-0.4, -0.2) is 58.3 Å². The predicted octanol–water partition coefficient (Wildman–Crippen LogP) is 4.19. The highest BCUT2D eigenvalue weighted by molar-refractivity contribution is 5.96. The van der Waals surface area contributed by atoms with Gasteiger partial charge in [-0.15, -0.1) is 0 Å². The van der Waals surface area contributed by atoms with Gasteiger partial charge in [0.05, 0.1) is 12.0 Å². The first-order valence-electron chi connectivity index (χ1n) is 13.7. The van der Waals surface area contributed by atoms with Crippen LogP contribution in [0.15, 0.2) is 42.5 Å². The fraction of sp³-hybridized carbons (Fsp3) is 0.548. The van der Waals surface area contributed by atoms with Crippen LogP contribution in [0, 0.1) is 18.8 Å². The zero-order chi connectivity index (χ0) is 27.7. The van der Waals surface area contributed by atoms with Crippen LogP contribution < -0.4 is 20.7 Å². The topological polar surface area (TPSA) is 88.7 Å². The third-order valence-corrected chi connectivity index (χ3v) is 7.55. The van der Waals surface area contributed by atoms with Crippen molar-refractivity contribution in [3.63, 3.8) is 0 Å². The van der Waals surface area contributed by atoms with E-state index < -0.39 is 5.41 Å². The minimum atomic E-state index is -0.612. The molecule has 3 N–H and O–H groups in total. The maximum atomic E-state index is 13.4. The monoisotopic (exact) mass is 523 g/mol. The lowest BCUT2D eigenvalue weighted by Gasteiger charge is -2.26. The minimum Gasteiger partial charge on any atom is -0.493 e. The summed E-state index contributed by atoms with van der Waals surface area (Å²) in [7, 11) is 1.68. The molecule has 1 heterocycles. The molecular formula is C31H45N3O4. The summed E-state index contributed by atoms with van der Waals surface area (Å²) in [6.07, 6.45) is 0.791. The third-order valence-electron chi connectivity index (χ3n) is 7.55. The number of benzene rings is 2. The Balaban J connectivity index is 1.61. The first-order chi connectivity index (χ1) is 18.2. The van der Waals surface area contributed by atoms with Crippen molar-refractivity contribution in [2.75, 3.05) is 46.5 Å². The standard InChI is InChI=1S/C31H45N3O4/c1-21(2)27-26(14-13-22(3)28(27)38-16-10-15-37-6)29(35)33-19-23-17-32-18-24(23)20-34-30(36)31(4,5)25-11-8-7-9-12-25/h7-9,11-14,21,23-24,32H,10,15-20H2,1-6H3,(H,33,35)(H,34,36)/t23-,24-/m0/s1. The van der Waals surface area contributed by atoms with E-state index in [-0.39, 0.29) is 29.6 Å². The molecule has 0 radical (unpaired) electrons. The van der Waals surface area contributed by atoms with E-state index in [4.69, 9.17) is 9.47 Å². The van der Waals surface area contributed by atoms with Crippen LogP contribution in [0.1, 0.15) is 67.1 Å². The van der Waals surface area contributed by atoms with Crippen molar-refractivity contribution in [3.8, 4) is 5.75 Å². The Labute approximate surface area is 228 Å². The SMILES string of the molecule is COCCCOc1c(C)ccc(C(=O)NC[C@@H]2CNC[C@H]2CNC(=O)C(C)(C)c2ccccc2)c1C(C)C. The highest BCUT2D eigenvalue weighted by atomic mass is 16.5. The van der Waals surface area contributed by atoms with Gasteiger partial charge in [0, 0.05) is 57.4 Å². The molecule has 0 aromatic heterocycles. The second kappa shape index (κ2) is 13.8. The molecule has 1 fully saturated rings. The molecule has 2 aromatic rings. The average molecular weight is 524 g/mol. The van der Waals surface area contributed by atoms with E-state index in [1.54, 1.807) is 7.11 Å². The van der Waals surface area contributed by atoms with Crippen LogP contribution in [0.5, 0.6) is 5.75 Å². The molecule has 0 bridgehead atoms. The molecule has 1 aliphatic rings. The first-order valence-corrected chi connectivity index (χ1v) is 13.7. The maximum absolute atomic E-state index is 13.4. The number of nitrogens with one attached hydrogen (secondary N) is 3. The number of methoxy groups -OCH3 is 1. The molecule has 0 unspecified atom stereocenters. The number of carbonyl (C=O) groups is 2. The van der Waals surface area contributed by atoms with Gasteiger partial charge in [0.1, 0.15) is 5.75 Å². The van der Waals surface area contributed by atoms with Crippen molar-refractivity contribution in [2.24, 2.45) is 11.8 Å². The van der Waals surface area contributed by atoms with Crippen LogP contribution in [-0.2, 0) is 14.9 Å². The summed E-state index contributed by atoms with van der Waals surface area (Å²) >= 11 is 0. The molecule has 0 aliphatic carbocycles. The largest absolute Gasteiger partial charge is 0.493 e. The van der Waals surface area contributed by atoms with Gasteiger partial charge >= 0.3 is 0 Å². The van der Waals surface area contributed by atoms with E-state index in [2.05, 4.69) is 29.8 Å². The van der Waals surface area contributed by atoms with E-state index in [9.17, 15) is 9.59 Å². The van der Waals surface area contributed by atoms with Gasteiger partial charge in [-0.05, 0) is 55.7 Å². The van der Waals surface area contributed by atoms with Crippen molar-refractivity contribution in [2.45, 2.75) is 52.4 Å². The quantitative estimate of drug-likeness (QED) is 0.343. The molecule has 7 nitrogen and oxygen atoms in total. The van der Waals surface area contributed by atoms with Crippen molar-refractivity contribution in [1.29, 1.82) is 0 Å². The molecule has 2 atom stereocenters. The van der Waals surface area contributed by atoms with Crippen molar-refractivity contribution in [1.82, 2.24) is 16.0 Å². The highest BCUT2D eigenvalue weighted by Crippen LogP contribution is 2.33. The zero-order valence-corrected chi connectivity index (χ0v) is 23.9. The van der Waals surface area contributed by atoms with E-state index in [1.807, 2.05) is 63.2 Å². The number of hydrogen-bond acceptors (Lipinski definition) is 5. The molecule has 0 saturated carbocycles. The summed E-state index contributed by atoms with van der Waals surface area (Å²) in [5.74, 6) is 1.34. The highest BCUT2D eigenvalue weighted by Gasteiger charge is 2.33. The number of ether oxygens (including phenoxy) is 2. The van der Waals surface area contributed by atoms with Gasteiger partial charge in [0.2, 0.25) is 5.91 Å². The van der Waals surface area contributed by atoms with Gasteiger partial charge < -0.3 is 25.4 Å². The first kappa shape index (κ1) is 29.7. The minimum absolute atomic E-state index is 0.0117. The number of hydrogen-bond donors (Lipinski definition) is 3. The van der Waals surface area contributed by atoms with Gasteiger partial charge in [-0.3, -0.25) is 9.59 Å². The molecule has 208 valence electrons. The maximum Gasteiger partial charge on any atom is 0.251 e. The van der Waals surface area contributed by atoms with Crippen LogP contribution in [0.2, 0.25) is 0 Å². The predicted molar refractivity (Wildman–Crippen MR) is 152 cm³/mol. The van der Waals surface area contributed by atoms with E-state index in [0.717, 1.165) is 42.0 Å². The summed E-state index contributed by atoms with van der Waals surface area (Å²) in [5.41, 5.74) is 3.01. The molecule has 2 amide bonds. The lowest BCUT2D eigenvalue weighted by atomic mass is 9.83. The van der Waals surface area contributed by atoms with Gasteiger partial charge in [-0.1, -0.05) is 50.2 Å². The smallest absolute Gasteiger partial charge is 0.251 e. The van der Waals surface area contributed by atoms with Crippen LogP contribution in [0.3, 0.4) is 0 Å². The Kier molecular flexibility index (Phi) is 10.7. The van der Waals surface area contributed by atoms with E-state index >= 15 is 0 Å². The fourth-order valence-corrected chi connectivity index (χ4v) is 5.06. The normalized spacial score (nSPS) is 17.4. The van der Waals surface area contributed by atoms with E-state index in [0.29, 0.717) is 31.9 Å². The molecule has 38 heavy (non-hydrogen) atoms. The number of aryl methyl sites for hydroxylation is 1. The lowest BCUT2D eigenvalue weighted by molar-refractivity contribution is -0.125. The number of carbonyl (C=O) groups excluding carboxylic acids is 2. The molecular weight excluding hydrogens is 478 g/mol. The van der Waals surface area contributed by atoms with Gasteiger partial charge in [-0.25, -0.2) is 0 Å². The summed E-state index contributed by atoms with van der Waals surface area (Å²) in [4.78, 5) is 26.4. The van der Waals surface area contributed by atoms with Gasteiger partial charge in [-0.2, -0.15) is 0 Å². The number of rotatable bonds is 13. The Hall–Kier alpha value is -2.90. The molecule has 0 spiro atoms. The Bertz CT molecular complexity index is 1070. The van der Waals surface area contributed by atoms with Crippen molar-refractivity contribution < 1.29 is 19.1 Å². The van der Waals surface area contributed by atoms with Crippen molar-refractivity contribution in [3.05, 3.63) is 64.7 Å². The van der Waals surface area contributed by atoms with Crippen LogP contribution >= 0.6 is 0 Å². The third kappa shape index (κ3) is 7.35. The summed E-state index contributed by atoms with van der Waals surface area (Å²) < 4.78 is 11.3. The fourth-order valence-electron chi connectivity index (χ4n) is 5.06. The Morgan fingerprint density at radius 1 is 1.00 bits per heavy atom. The van der Waals surface area contributed by atoms with Crippen molar-refractivity contribution >= 4 is 11.8 Å². The second-order valence-corrected chi connectivity index (χ2v) is 11.1. The molecule has 1 aliphatic heterocycles. The molecule has 7 heteroatoms. The summed E-state index contributed by atoms with van der Waals surface area (Å²) in [6.45, 7) is 14.0.